The molecule has 2 aliphatic rings. The van der Waals surface area contributed by atoms with E-state index in [1.807, 2.05) is 19.1 Å². The predicted octanol–water partition coefficient (Wildman–Crippen LogP) is 2.06. The predicted molar refractivity (Wildman–Crippen MR) is 80.8 cm³/mol. The fourth-order valence-electron chi connectivity index (χ4n) is 2.74. The van der Waals surface area contributed by atoms with Gasteiger partial charge < -0.3 is 14.6 Å². The third-order valence-electron chi connectivity index (χ3n) is 4.14. The lowest BCUT2D eigenvalue weighted by molar-refractivity contribution is -0.140. The molecule has 1 N–H and O–H groups in total. The molecule has 5 heteroatoms. The monoisotopic (exact) mass is 306 g/mol. The molecular formula is C17H22O5. The van der Waals surface area contributed by atoms with Crippen LogP contribution in [0.4, 0.5) is 0 Å². The number of carbonyl (C=O) groups is 2. The molecule has 0 aromatic rings. The Morgan fingerprint density at radius 3 is 2.95 bits per heavy atom. The summed E-state index contributed by atoms with van der Waals surface area (Å²) in [5, 5.41) is 10.2. The molecule has 0 aromatic heterocycles. The van der Waals surface area contributed by atoms with Crippen molar-refractivity contribution in [2.45, 2.75) is 45.3 Å². The molecule has 120 valence electrons. The second kappa shape index (κ2) is 6.92. The maximum atomic E-state index is 11.8. The van der Waals surface area contributed by atoms with Crippen molar-refractivity contribution in [2.75, 3.05) is 6.61 Å². The van der Waals surface area contributed by atoms with Gasteiger partial charge in [-0.25, -0.2) is 4.79 Å². The van der Waals surface area contributed by atoms with Gasteiger partial charge in [-0.1, -0.05) is 12.7 Å². The van der Waals surface area contributed by atoms with Crippen molar-refractivity contribution in [3.8, 4) is 0 Å². The molecule has 1 heterocycles. The highest BCUT2D eigenvalue weighted by molar-refractivity contribution is 5.91. The quantitative estimate of drug-likeness (QED) is 0.480. The number of hydrogen-bond acceptors (Lipinski definition) is 5. The Balaban J connectivity index is 2.26. The lowest BCUT2D eigenvalue weighted by atomic mass is 9.86. The summed E-state index contributed by atoms with van der Waals surface area (Å²) in [6.45, 7) is 7.21. The van der Waals surface area contributed by atoms with Crippen LogP contribution in [0.1, 0.15) is 33.1 Å². The Morgan fingerprint density at radius 2 is 2.27 bits per heavy atom. The van der Waals surface area contributed by atoms with Crippen molar-refractivity contribution in [1.82, 2.24) is 0 Å². The van der Waals surface area contributed by atoms with Gasteiger partial charge in [0.05, 0.1) is 6.10 Å². The Labute approximate surface area is 130 Å². The summed E-state index contributed by atoms with van der Waals surface area (Å²) in [5.41, 5.74) is 2.17. The van der Waals surface area contributed by atoms with Gasteiger partial charge in [0, 0.05) is 18.4 Å². The van der Waals surface area contributed by atoms with Crippen molar-refractivity contribution in [2.24, 2.45) is 5.92 Å². The number of hydrogen-bond donors (Lipinski definition) is 1. The summed E-state index contributed by atoms with van der Waals surface area (Å²) < 4.78 is 10.4. The van der Waals surface area contributed by atoms with Crippen molar-refractivity contribution in [1.29, 1.82) is 0 Å². The second-order valence-corrected chi connectivity index (χ2v) is 5.85. The number of ether oxygens (including phenoxy) is 2. The molecule has 0 aromatic carbocycles. The van der Waals surface area contributed by atoms with Crippen molar-refractivity contribution < 1.29 is 24.2 Å². The minimum absolute atomic E-state index is 0.192. The van der Waals surface area contributed by atoms with Crippen molar-refractivity contribution in [3.05, 3.63) is 35.5 Å². The summed E-state index contributed by atoms with van der Waals surface area (Å²) in [5.74, 6) is -1.02. The third kappa shape index (κ3) is 3.85. The average Bonchev–Trinajstić information content (AvgIpc) is 2.71. The molecule has 2 rings (SSSR count). The van der Waals surface area contributed by atoms with E-state index < -0.39 is 18.2 Å². The average molecular weight is 306 g/mol. The highest BCUT2D eigenvalue weighted by Gasteiger charge is 2.39. The molecule has 0 amide bonds. The van der Waals surface area contributed by atoms with Gasteiger partial charge in [-0.3, -0.25) is 4.79 Å². The van der Waals surface area contributed by atoms with Gasteiger partial charge in [-0.05, 0) is 43.4 Å². The van der Waals surface area contributed by atoms with Crippen LogP contribution in [0.25, 0.3) is 0 Å². The second-order valence-electron chi connectivity index (χ2n) is 5.85. The lowest BCUT2D eigenvalue weighted by Crippen LogP contribution is -2.23. The van der Waals surface area contributed by atoms with E-state index in [1.165, 1.54) is 6.92 Å². The Hall–Kier alpha value is -1.88. The first kappa shape index (κ1) is 16.5. The molecular weight excluding hydrogens is 284 g/mol. The Kier molecular flexibility index (Phi) is 5.19. The number of carbonyl (C=O) groups excluding carboxylic acids is 2. The topological polar surface area (TPSA) is 72.8 Å². The molecule has 0 saturated carbocycles. The molecule has 3 atom stereocenters. The number of esters is 2. The molecule has 1 aliphatic carbocycles. The summed E-state index contributed by atoms with van der Waals surface area (Å²) >= 11 is 0. The molecule has 0 bridgehead atoms. The third-order valence-corrected chi connectivity index (χ3v) is 4.14. The summed E-state index contributed by atoms with van der Waals surface area (Å²) in [6.07, 6.45) is 4.58. The van der Waals surface area contributed by atoms with E-state index >= 15 is 0 Å². The number of aliphatic hydroxyl groups is 1. The fraction of sp³-hybridized carbons (Fsp3) is 0.529. The van der Waals surface area contributed by atoms with E-state index in [0.29, 0.717) is 18.4 Å². The van der Waals surface area contributed by atoms with Crippen LogP contribution in [-0.2, 0) is 19.1 Å². The molecule has 1 aliphatic heterocycles. The van der Waals surface area contributed by atoms with Crippen LogP contribution in [0.3, 0.4) is 0 Å². The van der Waals surface area contributed by atoms with Gasteiger partial charge in [-0.2, -0.15) is 0 Å². The van der Waals surface area contributed by atoms with Crippen LogP contribution in [0.2, 0.25) is 0 Å². The molecule has 0 spiro atoms. The van der Waals surface area contributed by atoms with Crippen LogP contribution in [0.15, 0.2) is 35.5 Å². The van der Waals surface area contributed by atoms with E-state index in [9.17, 15) is 14.7 Å². The molecule has 1 saturated heterocycles. The Bertz CT molecular complexity index is 543. The van der Waals surface area contributed by atoms with Crippen molar-refractivity contribution >= 4 is 11.9 Å². The van der Waals surface area contributed by atoms with Crippen LogP contribution < -0.4 is 0 Å². The van der Waals surface area contributed by atoms with Crippen LogP contribution in [-0.4, -0.2) is 35.9 Å². The standard InChI is InChI=1S/C17H22O5/c1-10-5-4-6-13(9-21-12(3)18)7-16-14(8-15(10)19)11(2)17(20)22-16/h5,7,14-16,19H,2,4,6,8-9H2,1,3H3/b10-5-,13-7+/t14-,15-,16+/m0/s1. The minimum Gasteiger partial charge on any atom is -0.461 e. The number of rotatable bonds is 2. The summed E-state index contributed by atoms with van der Waals surface area (Å²) in [6, 6.07) is 0. The highest BCUT2D eigenvalue weighted by Crippen LogP contribution is 2.34. The first-order valence-electron chi connectivity index (χ1n) is 7.46. The van der Waals surface area contributed by atoms with Gasteiger partial charge in [0.1, 0.15) is 12.7 Å². The van der Waals surface area contributed by atoms with E-state index in [-0.39, 0.29) is 18.5 Å². The van der Waals surface area contributed by atoms with Crippen LogP contribution in [0, 0.1) is 5.92 Å². The van der Waals surface area contributed by atoms with Crippen LogP contribution >= 0.6 is 0 Å². The maximum absolute atomic E-state index is 11.8. The van der Waals surface area contributed by atoms with E-state index in [1.54, 1.807) is 0 Å². The Morgan fingerprint density at radius 1 is 1.55 bits per heavy atom. The van der Waals surface area contributed by atoms with Gasteiger partial charge in [0.25, 0.3) is 0 Å². The van der Waals surface area contributed by atoms with Gasteiger partial charge in [-0.15, -0.1) is 0 Å². The zero-order valence-corrected chi connectivity index (χ0v) is 13.0. The highest BCUT2D eigenvalue weighted by atomic mass is 16.6. The van der Waals surface area contributed by atoms with E-state index in [4.69, 9.17) is 9.47 Å². The van der Waals surface area contributed by atoms with Gasteiger partial charge >= 0.3 is 11.9 Å². The van der Waals surface area contributed by atoms with Crippen molar-refractivity contribution in [3.63, 3.8) is 0 Å². The van der Waals surface area contributed by atoms with Gasteiger partial charge in [0.2, 0.25) is 0 Å². The molecule has 22 heavy (non-hydrogen) atoms. The minimum atomic E-state index is -0.609. The number of fused-ring (bicyclic) bond motifs is 1. The first-order chi connectivity index (χ1) is 10.4. The van der Waals surface area contributed by atoms with E-state index in [2.05, 4.69) is 6.58 Å². The summed E-state index contributed by atoms with van der Waals surface area (Å²) in [7, 11) is 0. The molecule has 1 fully saturated rings. The van der Waals surface area contributed by atoms with E-state index in [0.717, 1.165) is 17.6 Å². The smallest absolute Gasteiger partial charge is 0.334 e. The fourth-order valence-corrected chi connectivity index (χ4v) is 2.74. The normalized spacial score (nSPS) is 33.9. The summed E-state index contributed by atoms with van der Waals surface area (Å²) in [4.78, 5) is 22.8. The lowest BCUT2D eigenvalue weighted by Gasteiger charge is -2.21. The zero-order valence-electron chi connectivity index (χ0n) is 13.0. The SMILES string of the molecule is C=C1C(=O)O[C@@H]2/C=C(/COC(C)=O)CC/C=C(/C)[C@@H](O)C[C@@H]12. The molecule has 0 radical (unpaired) electrons. The largest absolute Gasteiger partial charge is 0.461 e. The van der Waals surface area contributed by atoms with Gasteiger partial charge in [0.15, 0.2) is 0 Å². The zero-order chi connectivity index (χ0) is 16.3. The number of aliphatic hydroxyl groups excluding tert-OH is 1. The molecule has 0 unspecified atom stereocenters. The number of allylic oxidation sites excluding steroid dienone is 1. The van der Waals surface area contributed by atoms with Crippen LogP contribution in [0.5, 0.6) is 0 Å². The first-order valence-corrected chi connectivity index (χ1v) is 7.46. The molecule has 5 nitrogen and oxygen atoms in total. The maximum Gasteiger partial charge on any atom is 0.334 e.